The molecule has 0 spiro atoms. The monoisotopic (exact) mass is 476 g/mol. The molecule has 0 aliphatic rings. The van der Waals surface area contributed by atoms with Crippen LogP contribution in [0.4, 0.5) is 11.4 Å². The molecule has 0 radical (unpaired) electrons. The van der Waals surface area contributed by atoms with Crippen LogP contribution in [0.5, 0.6) is 0 Å². The number of carbonyl (C=O) groups excluding carboxylic acids is 1. The van der Waals surface area contributed by atoms with Gasteiger partial charge in [-0.15, -0.1) is 0 Å². The van der Waals surface area contributed by atoms with Gasteiger partial charge >= 0.3 is 0 Å². The van der Waals surface area contributed by atoms with Gasteiger partial charge in [-0.05, 0) is 47.5 Å². The number of rotatable bonds is 8. The predicted molar refractivity (Wildman–Crippen MR) is 138 cm³/mol. The number of anilines is 2. The maximum atomic E-state index is 13.0. The highest BCUT2D eigenvalue weighted by Crippen LogP contribution is 2.31. The number of aromatic nitrogens is 1. The zero-order valence-corrected chi connectivity index (χ0v) is 20.2. The molecule has 8 heteroatoms. The van der Waals surface area contributed by atoms with Crippen LogP contribution in [0.25, 0.3) is 10.9 Å². The summed E-state index contributed by atoms with van der Waals surface area (Å²) in [5.74, 6) is -0.347. The van der Waals surface area contributed by atoms with E-state index < -0.39 is 10.0 Å². The van der Waals surface area contributed by atoms with Crippen LogP contribution >= 0.6 is 0 Å². The van der Waals surface area contributed by atoms with Gasteiger partial charge in [-0.3, -0.25) is 9.52 Å². The highest BCUT2D eigenvalue weighted by molar-refractivity contribution is 7.92. The average Bonchev–Trinajstić information content (AvgIpc) is 3.22. The molecule has 3 aromatic carbocycles. The molecule has 4 aromatic rings. The largest absolute Gasteiger partial charge is 0.378 e. The number of hydrogen-bond acceptors (Lipinski definition) is 4. The number of nitrogens with one attached hydrogen (secondary N) is 3. The van der Waals surface area contributed by atoms with Crippen molar-refractivity contribution in [3.8, 4) is 0 Å². The van der Waals surface area contributed by atoms with Gasteiger partial charge in [-0.2, -0.15) is 0 Å². The van der Waals surface area contributed by atoms with E-state index in [1.807, 2.05) is 43.4 Å². The van der Waals surface area contributed by atoms with Crippen molar-refractivity contribution in [2.75, 3.05) is 36.5 Å². The topological polar surface area (TPSA) is 94.3 Å². The molecule has 1 atom stereocenters. The summed E-state index contributed by atoms with van der Waals surface area (Å²) in [5, 5.41) is 4.15. The molecule has 1 amide bonds. The molecular formula is C26H28N4O3S. The summed E-state index contributed by atoms with van der Waals surface area (Å²) in [6.07, 6.45) is 3.07. The summed E-state index contributed by atoms with van der Waals surface area (Å²) < 4.78 is 25.5. The fourth-order valence-electron chi connectivity index (χ4n) is 4.03. The van der Waals surface area contributed by atoms with Gasteiger partial charge in [0.2, 0.25) is 10.0 Å². The molecule has 1 unspecified atom stereocenters. The van der Waals surface area contributed by atoms with Crippen molar-refractivity contribution >= 4 is 38.2 Å². The lowest BCUT2D eigenvalue weighted by molar-refractivity contribution is 0.0952. The Bertz CT molecular complexity index is 1410. The fraction of sp³-hybridized carbons (Fsp3) is 0.192. The Hall–Kier alpha value is -3.78. The van der Waals surface area contributed by atoms with Gasteiger partial charge < -0.3 is 15.2 Å². The van der Waals surface area contributed by atoms with E-state index >= 15 is 0 Å². The fourth-order valence-corrected chi connectivity index (χ4v) is 4.58. The van der Waals surface area contributed by atoms with E-state index in [-0.39, 0.29) is 11.8 Å². The van der Waals surface area contributed by atoms with Crippen molar-refractivity contribution in [3.05, 3.63) is 95.7 Å². The molecule has 0 saturated carbocycles. The number of benzene rings is 3. The maximum absolute atomic E-state index is 13.0. The number of para-hydroxylation sites is 1. The lowest BCUT2D eigenvalue weighted by Crippen LogP contribution is -2.29. The smallest absolute Gasteiger partial charge is 0.251 e. The van der Waals surface area contributed by atoms with Crippen molar-refractivity contribution in [3.63, 3.8) is 0 Å². The van der Waals surface area contributed by atoms with Gasteiger partial charge in [0.25, 0.3) is 5.91 Å². The van der Waals surface area contributed by atoms with Crippen LogP contribution in [0.2, 0.25) is 0 Å². The third-order valence-corrected chi connectivity index (χ3v) is 6.31. The molecule has 3 N–H and O–H groups in total. The van der Waals surface area contributed by atoms with Crippen LogP contribution < -0.4 is 14.9 Å². The molecule has 176 valence electrons. The Morgan fingerprint density at radius 1 is 1.00 bits per heavy atom. The summed E-state index contributed by atoms with van der Waals surface area (Å²) in [7, 11) is 0.568. The molecule has 34 heavy (non-hydrogen) atoms. The van der Waals surface area contributed by atoms with E-state index in [0.717, 1.165) is 34.0 Å². The molecule has 7 nitrogen and oxygen atoms in total. The third-order valence-electron chi connectivity index (χ3n) is 5.70. The minimum atomic E-state index is -3.43. The second-order valence-electron chi connectivity index (χ2n) is 8.49. The zero-order valence-electron chi connectivity index (χ0n) is 19.4. The molecule has 0 bridgehead atoms. The Balaban J connectivity index is 1.61. The van der Waals surface area contributed by atoms with Crippen LogP contribution in [0.3, 0.4) is 0 Å². The van der Waals surface area contributed by atoms with Crippen molar-refractivity contribution in [2.45, 2.75) is 5.92 Å². The van der Waals surface area contributed by atoms with E-state index in [1.54, 1.807) is 18.2 Å². The van der Waals surface area contributed by atoms with Crippen LogP contribution in [0.15, 0.2) is 79.0 Å². The van der Waals surface area contributed by atoms with E-state index in [4.69, 9.17) is 0 Å². The minimum Gasteiger partial charge on any atom is -0.378 e. The van der Waals surface area contributed by atoms with Crippen LogP contribution in [0, 0.1) is 0 Å². The molecular weight excluding hydrogens is 448 g/mol. The molecule has 1 heterocycles. The van der Waals surface area contributed by atoms with Gasteiger partial charge in [0.15, 0.2) is 0 Å². The molecule has 0 aliphatic heterocycles. The first-order valence-corrected chi connectivity index (χ1v) is 12.8. The summed E-state index contributed by atoms with van der Waals surface area (Å²) in [5.41, 5.74) is 5.06. The standard InChI is InChI=1S/C26H28N4O3S/c1-30(2)21-13-11-18(12-14-21)23(24-17-27-25-10-5-4-9-22(24)25)16-28-26(31)19-7-6-8-20(15-19)29-34(3,32)33/h4-15,17,23,27,29H,16H2,1-3H3,(H,28,31). The van der Waals surface area contributed by atoms with Gasteiger partial charge in [0, 0.05) is 60.6 Å². The molecule has 1 aromatic heterocycles. The number of sulfonamides is 1. The third kappa shape index (κ3) is 5.40. The average molecular weight is 477 g/mol. The van der Waals surface area contributed by atoms with Crippen molar-refractivity contribution in [1.82, 2.24) is 10.3 Å². The molecule has 0 saturated heterocycles. The van der Waals surface area contributed by atoms with Gasteiger partial charge in [0.1, 0.15) is 0 Å². The number of hydrogen-bond donors (Lipinski definition) is 3. The van der Waals surface area contributed by atoms with Crippen molar-refractivity contribution in [2.24, 2.45) is 0 Å². The first-order chi connectivity index (χ1) is 16.2. The first-order valence-electron chi connectivity index (χ1n) is 10.9. The van der Waals surface area contributed by atoms with E-state index in [0.29, 0.717) is 17.8 Å². The zero-order chi connectivity index (χ0) is 24.3. The minimum absolute atomic E-state index is 0.0753. The first kappa shape index (κ1) is 23.4. The second kappa shape index (κ2) is 9.61. The summed E-state index contributed by atoms with van der Waals surface area (Å²) in [6, 6.07) is 22.9. The van der Waals surface area contributed by atoms with Gasteiger partial charge in [-0.25, -0.2) is 8.42 Å². The number of nitrogens with zero attached hydrogens (tertiary/aromatic N) is 1. The Morgan fingerprint density at radius 2 is 1.74 bits per heavy atom. The van der Waals surface area contributed by atoms with Crippen LogP contribution in [-0.2, 0) is 10.0 Å². The van der Waals surface area contributed by atoms with E-state index in [9.17, 15) is 13.2 Å². The highest BCUT2D eigenvalue weighted by atomic mass is 32.2. The molecule has 0 aliphatic carbocycles. The van der Waals surface area contributed by atoms with Crippen molar-refractivity contribution < 1.29 is 13.2 Å². The predicted octanol–water partition coefficient (Wildman–Crippen LogP) is 4.17. The van der Waals surface area contributed by atoms with E-state index in [1.165, 1.54) is 6.07 Å². The van der Waals surface area contributed by atoms with Crippen LogP contribution in [-0.4, -0.2) is 46.2 Å². The Morgan fingerprint density at radius 3 is 2.44 bits per heavy atom. The Labute approximate surface area is 199 Å². The number of fused-ring (bicyclic) bond motifs is 1. The summed E-state index contributed by atoms with van der Waals surface area (Å²) in [4.78, 5) is 18.3. The lowest BCUT2D eigenvalue weighted by Gasteiger charge is -2.20. The highest BCUT2D eigenvalue weighted by Gasteiger charge is 2.20. The quantitative estimate of drug-likeness (QED) is 0.356. The van der Waals surface area contributed by atoms with Crippen LogP contribution in [0.1, 0.15) is 27.4 Å². The Kier molecular flexibility index (Phi) is 6.61. The maximum Gasteiger partial charge on any atom is 0.251 e. The SMILES string of the molecule is CN(C)c1ccc(C(CNC(=O)c2cccc(NS(C)(=O)=O)c2)c2c[nH]c3ccccc23)cc1. The normalized spacial score (nSPS) is 12.3. The number of amides is 1. The van der Waals surface area contributed by atoms with Gasteiger partial charge in [0.05, 0.1) is 6.26 Å². The number of H-pyrrole nitrogens is 1. The van der Waals surface area contributed by atoms with E-state index in [2.05, 4.69) is 45.4 Å². The van der Waals surface area contributed by atoms with Gasteiger partial charge in [-0.1, -0.05) is 36.4 Å². The second-order valence-corrected chi connectivity index (χ2v) is 10.2. The molecule has 4 rings (SSSR count). The number of carbonyl (C=O) groups is 1. The van der Waals surface area contributed by atoms with Crippen molar-refractivity contribution in [1.29, 1.82) is 0 Å². The molecule has 0 fully saturated rings. The summed E-state index contributed by atoms with van der Waals surface area (Å²) in [6.45, 7) is 0.381. The summed E-state index contributed by atoms with van der Waals surface area (Å²) >= 11 is 0. The number of aromatic amines is 1. The lowest BCUT2D eigenvalue weighted by atomic mass is 9.90.